The van der Waals surface area contributed by atoms with E-state index in [0.29, 0.717) is 32.6 Å². The van der Waals surface area contributed by atoms with Crippen LogP contribution in [0.4, 0.5) is 0 Å². The summed E-state index contributed by atoms with van der Waals surface area (Å²) in [6.45, 7) is 9.63. The van der Waals surface area contributed by atoms with Crippen LogP contribution in [-0.2, 0) is 14.4 Å². The Balaban J connectivity index is 1.84. The molecule has 130 valence electrons. The van der Waals surface area contributed by atoms with E-state index < -0.39 is 0 Å². The summed E-state index contributed by atoms with van der Waals surface area (Å²) in [6.07, 6.45) is 2.59. The summed E-state index contributed by atoms with van der Waals surface area (Å²) >= 11 is 0. The monoisotopic (exact) mass is 323 g/mol. The summed E-state index contributed by atoms with van der Waals surface area (Å²) in [4.78, 5) is 41.9. The molecule has 0 spiro atoms. The number of piperazine rings is 1. The van der Waals surface area contributed by atoms with E-state index in [1.54, 1.807) is 11.8 Å². The van der Waals surface area contributed by atoms with E-state index in [1.165, 1.54) is 0 Å². The minimum absolute atomic E-state index is 0.0614. The van der Waals surface area contributed by atoms with Gasteiger partial charge >= 0.3 is 0 Å². The Morgan fingerprint density at radius 1 is 0.913 bits per heavy atom. The second kappa shape index (κ2) is 7.79. The molecule has 6 heteroatoms. The van der Waals surface area contributed by atoms with Crippen LogP contribution in [0.1, 0.15) is 40.0 Å². The third-order valence-electron chi connectivity index (χ3n) is 4.76. The van der Waals surface area contributed by atoms with Crippen LogP contribution < -0.4 is 0 Å². The van der Waals surface area contributed by atoms with Crippen LogP contribution in [-0.4, -0.2) is 71.7 Å². The van der Waals surface area contributed by atoms with Crippen LogP contribution in [0.2, 0.25) is 0 Å². The smallest absolute Gasteiger partial charge is 0.226 e. The van der Waals surface area contributed by atoms with Crippen LogP contribution in [0.25, 0.3) is 0 Å². The van der Waals surface area contributed by atoms with E-state index in [0.717, 1.165) is 25.9 Å². The maximum absolute atomic E-state index is 12.5. The van der Waals surface area contributed by atoms with Gasteiger partial charge < -0.3 is 14.7 Å². The van der Waals surface area contributed by atoms with Crippen molar-refractivity contribution in [2.24, 2.45) is 11.8 Å². The Bertz CT molecular complexity index is 452. The van der Waals surface area contributed by atoms with E-state index in [9.17, 15) is 14.4 Å². The maximum Gasteiger partial charge on any atom is 0.226 e. The highest BCUT2D eigenvalue weighted by molar-refractivity contribution is 5.92. The fourth-order valence-electron chi connectivity index (χ4n) is 3.32. The molecule has 0 radical (unpaired) electrons. The molecule has 0 bridgehead atoms. The van der Waals surface area contributed by atoms with E-state index in [-0.39, 0.29) is 29.6 Å². The number of hydrogen-bond acceptors (Lipinski definition) is 3. The maximum atomic E-state index is 12.5. The van der Waals surface area contributed by atoms with Crippen molar-refractivity contribution >= 4 is 17.7 Å². The summed E-state index contributed by atoms with van der Waals surface area (Å²) in [5.74, 6) is 0.0503. The van der Waals surface area contributed by atoms with Crippen molar-refractivity contribution in [1.29, 1.82) is 0 Å². The third-order valence-corrected chi connectivity index (χ3v) is 4.76. The molecule has 23 heavy (non-hydrogen) atoms. The Kier molecular flexibility index (Phi) is 6.02. The molecule has 1 aliphatic carbocycles. The van der Waals surface area contributed by atoms with Crippen LogP contribution in [0, 0.1) is 11.8 Å². The lowest BCUT2D eigenvalue weighted by Gasteiger charge is -2.34. The number of carbonyl (C=O) groups excluding carboxylic acids is 3. The molecule has 3 amide bonds. The number of amides is 3. The number of nitrogens with zero attached hydrogens (tertiary/aromatic N) is 3. The zero-order chi connectivity index (χ0) is 17.0. The fraction of sp³-hybridized carbons (Fsp3) is 0.824. The molecule has 1 heterocycles. The van der Waals surface area contributed by atoms with Crippen LogP contribution >= 0.6 is 0 Å². The van der Waals surface area contributed by atoms with E-state index in [1.807, 2.05) is 9.80 Å². The lowest BCUT2D eigenvalue weighted by Crippen LogP contribution is -2.50. The molecule has 2 rings (SSSR count). The Labute approximate surface area is 138 Å². The Hall–Kier alpha value is -1.59. The van der Waals surface area contributed by atoms with E-state index >= 15 is 0 Å². The van der Waals surface area contributed by atoms with Gasteiger partial charge in [-0.25, -0.2) is 0 Å². The first-order chi connectivity index (χ1) is 11.0. The van der Waals surface area contributed by atoms with Crippen molar-refractivity contribution in [1.82, 2.24) is 14.7 Å². The van der Waals surface area contributed by atoms with Gasteiger partial charge in [0.25, 0.3) is 0 Å². The average molecular weight is 323 g/mol. The molecule has 2 unspecified atom stereocenters. The first-order valence-corrected chi connectivity index (χ1v) is 8.82. The van der Waals surface area contributed by atoms with Gasteiger partial charge in [0.15, 0.2) is 0 Å². The van der Waals surface area contributed by atoms with Gasteiger partial charge in [0.2, 0.25) is 17.7 Å². The largest absolute Gasteiger partial charge is 0.342 e. The highest BCUT2D eigenvalue weighted by Gasteiger charge is 2.50. The van der Waals surface area contributed by atoms with Gasteiger partial charge in [-0.1, -0.05) is 13.8 Å². The lowest BCUT2D eigenvalue weighted by molar-refractivity contribution is -0.141. The number of carbonyl (C=O) groups is 3. The topological polar surface area (TPSA) is 60.9 Å². The second-order valence-corrected chi connectivity index (χ2v) is 6.61. The predicted octanol–water partition coefficient (Wildman–Crippen LogP) is 0.962. The Morgan fingerprint density at radius 3 is 1.91 bits per heavy atom. The van der Waals surface area contributed by atoms with Gasteiger partial charge in [-0.05, 0) is 19.3 Å². The first-order valence-electron chi connectivity index (χ1n) is 8.82. The van der Waals surface area contributed by atoms with Crippen LogP contribution in [0.3, 0.4) is 0 Å². The van der Waals surface area contributed by atoms with Gasteiger partial charge in [0, 0.05) is 46.2 Å². The molecule has 0 aromatic heterocycles. The van der Waals surface area contributed by atoms with Crippen LogP contribution in [0.5, 0.6) is 0 Å². The molecular weight excluding hydrogens is 294 g/mol. The zero-order valence-electron chi connectivity index (χ0n) is 14.6. The molecule has 1 aliphatic heterocycles. The fourth-order valence-corrected chi connectivity index (χ4v) is 3.32. The van der Waals surface area contributed by atoms with Gasteiger partial charge in [0.05, 0.1) is 11.8 Å². The van der Waals surface area contributed by atoms with Crippen molar-refractivity contribution in [2.75, 3.05) is 39.3 Å². The van der Waals surface area contributed by atoms with Crippen LogP contribution in [0.15, 0.2) is 0 Å². The first kappa shape index (κ1) is 17.8. The minimum atomic E-state index is -0.136. The molecule has 0 aromatic rings. The molecule has 1 saturated carbocycles. The molecule has 2 fully saturated rings. The highest BCUT2D eigenvalue weighted by Crippen LogP contribution is 2.41. The summed E-state index contributed by atoms with van der Waals surface area (Å²) < 4.78 is 0. The third kappa shape index (κ3) is 4.24. The summed E-state index contributed by atoms with van der Waals surface area (Å²) in [5.41, 5.74) is 0. The van der Waals surface area contributed by atoms with Gasteiger partial charge in [-0.15, -0.1) is 0 Å². The van der Waals surface area contributed by atoms with E-state index in [2.05, 4.69) is 13.8 Å². The molecule has 1 saturated heterocycles. The van der Waals surface area contributed by atoms with Crippen molar-refractivity contribution in [3.63, 3.8) is 0 Å². The molecule has 0 N–H and O–H groups in total. The van der Waals surface area contributed by atoms with E-state index in [4.69, 9.17) is 0 Å². The summed E-state index contributed by atoms with van der Waals surface area (Å²) in [6, 6.07) is 0. The average Bonchev–Trinajstić information content (AvgIpc) is 3.34. The highest BCUT2D eigenvalue weighted by atomic mass is 16.2. The summed E-state index contributed by atoms with van der Waals surface area (Å²) in [7, 11) is 0. The number of hydrogen-bond donors (Lipinski definition) is 0. The number of rotatable bonds is 6. The Morgan fingerprint density at radius 2 is 1.43 bits per heavy atom. The van der Waals surface area contributed by atoms with Crippen molar-refractivity contribution < 1.29 is 14.4 Å². The molecule has 6 nitrogen and oxygen atoms in total. The van der Waals surface area contributed by atoms with Crippen molar-refractivity contribution in [3.05, 3.63) is 0 Å². The minimum Gasteiger partial charge on any atom is -0.342 e. The quantitative estimate of drug-likeness (QED) is 0.731. The van der Waals surface area contributed by atoms with Crippen molar-refractivity contribution in [2.45, 2.75) is 40.0 Å². The predicted molar refractivity (Wildman–Crippen MR) is 87.6 cm³/mol. The second-order valence-electron chi connectivity index (χ2n) is 6.61. The SMILES string of the molecule is CCCN(CCC)C(=O)C1CC1C(=O)N1CCN(C(C)=O)CC1. The molecular formula is C17H29N3O3. The molecule has 2 aliphatic rings. The van der Waals surface area contributed by atoms with Gasteiger partial charge in [-0.2, -0.15) is 0 Å². The van der Waals surface area contributed by atoms with Gasteiger partial charge in [-0.3, -0.25) is 14.4 Å². The van der Waals surface area contributed by atoms with Crippen molar-refractivity contribution in [3.8, 4) is 0 Å². The normalized spacial score (nSPS) is 23.6. The standard InChI is InChI=1S/C17H29N3O3/c1-4-6-19(7-5-2)16(22)14-12-15(14)17(23)20-10-8-18(9-11-20)13(3)21/h14-15H,4-12H2,1-3H3. The van der Waals surface area contributed by atoms with Gasteiger partial charge in [0.1, 0.15) is 0 Å². The molecule has 2 atom stereocenters. The molecule has 0 aromatic carbocycles. The summed E-state index contributed by atoms with van der Waals surface area (Å²) in [5, 5.41) is 0. The lowest BCUT2D eigenvalue weighted by atomic mass is 10.2. The zero-order valence-corrected chi connectivity index (χ0v) is 14.6.